The third-order valence-corrected chi connectivity index (χ3v) is 5.00. The van der Waals surface area contributed by atoms with Crippen LogP contribution in [-0.2, 0) is 6.42 Å². The highest BCUT2D eigenvalue weighted by molar-refractivity contribution is 7.18. The molecule has 0 bridgehead atoms. The van der Waals surface area contributed by atoms with Crippen molar-refractivity contribution in [3.05, 3.63) is 66.1 Å². The minimum absolute atomic E-state index is 0.130. The van der Waals surface area contributed by atoms with Gasteiger partial charge in [0.1, 0.15) is 0 Å². The second-order valence-corrected chi connectivity index (χ2v) is 6.91. The maximum atomic E-state index is 10.8. The zero-order chi connectivity index (χ0) is 15.9. The fourth-order valence-corrected chi connectivity index (χ4v) is 3.77. The zero-order valence-corrected chi connectivity index (χ0v) is 13.9. The van der Waals surface area contributed by atoms with Gasteiger partial charge in [-0.25, -0.2) is 4.98 Å². The highest BCUT2D eigenvalue weighted by Gasteiger charge is 2.16. The topological polar surface area (TPSA) is 56.0 Å². The Kier molecular flexibility index (Phi) is 4.23. The zero-order valence-electron chi connectivity index (χ0n) is 10.8. The Hall–Kier alpha value is -1.40. The van der Waals surface area contributed by atoms with Gasteiger partial charge >= 0.3 is 0 Å². The van der Waals surface area contributed by atoms with Gasteiger partial charge in [-0.05, 0) is 23.8 Å². The Labute approximate surface area is 144 Å². The van der Waals surface area contributed by atoms with Crippen LogP contribution in [0.4, 0.5) is 5.69 Å². The van der Waals surface area contributed by atoms with Gasteiger partial charge in [0.15, 0.2) is 0 Å². The Balaban J connectivity index is 1.99. The molecule has 1 aromatic heterocycles. The highest BCUT2D eigenvalue weighted by atomic mass is 35.5. The summed E-state index contributed by atoms with van der Waals surface area (Å²) in [7, 11) is 0. The number of aromatic nitrogens is 1. The number of thiazole rings is 1. The van der Waals surface area contributed by atoms with Crippen LogP contribution in [0, 0.1) is 10.1 Å². The molecule has 8 heteroatoms. The average Bonchev–Trinajstić information content (AvgIpc) is 2.84. The first-order valence-corrected chi connectivity index (χ1v) is 8.06. The number of benzene rings is 2. The summed E-state index contributed by atoms with van der Waals surface area (Å²) < 4.78 is 1.01. The molecule has 0 aliphatic rings. The van der Waals surface area contributed by atoms with E-state index in [4.69, 9.17) is 34.8 Å². The predicted octanol–water partition coefficient (Wildman–Crippen LogP) is 5.76. The second-order valence-electron chi connectivity index (χ2n) is 4.54. The van der Waals surface area contributed by atoms with Gasteiger partial charge < -0.3 is 0 Å². The molecule has 0 atom stereocenters. The van der Waals surface area contributed by atoms with E-state index < -0.39 is 4.92 Å². The van der Waals surface area contributed by atoms with Crippen molar-refractivity contribution in [1.82, 2.24) is 4.98 Å². The van der Waals surface area contributed by atoms with Crippen LogP contribution in [0.3, 0.4) is 0 Å². The molecule has 3 aromatic rings. The van der Waals surface area contributed by atoms with Crippen molar-refractivity contribution < 1.29 is 4.92 Å². The van der Waals surface area contributed by atoms with E-state index in [2.05, 4.69) is 4.98 Å². The van der Waals surface area contributed by atoms with Crippen molar-refractivity contribution in [2.75, 3.05) is 0 Å². The van der Waals surface area contributed by atoms with Gasteiger partial charge in [-0.3, -0.25) is 10.1 Å². The summed E-state index contributed by atoms with van der Waals surface area (Å²) in [5.41, 5.74) is 1.30. The van der Waals surface area contributed by atoms with Crippen molar-refractivity contribution in [3.8, 4) is 0 Å². The monoisotopic (exact) mass is 372 g/mol. The lowest BCUT2D eigenvalue weighted by atomic mass is 10.1. The van der Waals surface area contributed by atoms with Gasteiger partial charge in [-0.15, -0.1) is 11.3 Å². The molecule has 0 radical (unpaired) electrons. The molecular weight excluding hydrogens is 367 g/mol. The van der Waals surface area contributed by atoms with E-state index >= 15 is 0 Å². The highest BCUT2D eigenvalue weighted by Crippen LogP contribution is 2.34. The molecule has 0 aliphatic heterocycles. The first-order valence-electron chi connectivity index (χ1n) is 6.11. The molecule has 0 saturated heterocycles. The second kappa shape index (κ2) is 6.01. The molecule has 1 heterocycles. The molecule has 0 fully saturated rings. The molecule has 22 heavy (non-hydrogen) atoms. The number of rotatable bonds is 3. The standard InChI is InChI=1S/C14H7Cl3N2O2S/c15-7-1-2-13-12(3-7)18-14(22-13)6-9-10(16)4-8(19(20)21)5-11(9)17/h1-5H,6H2. The Morgan fingerprint density at radius 2 is 1.82 bits per heavy atom. The third kappa shape index (κ3) is 3.03. The van der Waals surface area contributed by atoms with Gasteiger partial charge in [0.05, 0.1) is 30.2 Å². The molecule has 4 nitrogen and oxygen atoms in total. The molecule has 2 aromatic carbocycles. The van der Waals surface area contributed by atoms with E-state index in [9.17, 15) is 10.1 Å². The van der Waals surface area contributed by atoms with Gasteiger partial charge in [-0.1, -0.05) is 34.8 Å². The Morgan fingerprint density at radius 1 is 1.14 bits per heavy atom. The summed E-state index contributed by atoms with van der Waals surface area (Å²) in [5, 5.41) is 12.7. The summed E-state index contributed by atoms with van der Waals surface area (Å²) in [6.45, 7) is 0. The fraction of sp³-hybridized carbons (Fsp3) is 0.0714. The smallest absolute Gasteiger partial charge is 0.258 e. The molecule has 0 aliphatic carbocycles. The first kappa shape index (κ1) is 15.5. The number of nitro benzene ring substituents is 1. The molecular formula is C14H7Cl3N2O2S. The number of nitrogens with zero attached hydrogens (tertiary/aromatic N) is 2. The minimum Gasteiger partial charge on any atom is -0.258 e. The van der Waals surface area contributed by atoms with E-state index in [1.165, 1.54) is 23.5 Å². The summed E-state index contributed by atoms with van der Waals surface area (Å²) in [6.07, 6.45) is 0.409. The number of non-ortho nitro benzene ring substituents is 1. The predicted molar refractivity (Wildman–Crippen MR) is 90.6 cm³/mol. The van der Waals surface area contributed by atoms with E-state index in [1.807, 2.05) is 6.07 Å². The summed E-state index contributed by atoms with van der Waals surface area (Å²) >= 11 is 19.7. The lowest BCUT2D eigenvalue weighted by molar-refractivity contribution is -0.384. The van der Waals surface area contributed by atoms with E-state index in [0.29, 0.717) is 17.0 Å². The minimum atomic E-state index is -0.527. The first-order chi connectivity index (χ1) is 10.4. The van der Waals surface area contributed by atoms with Gasteiger partial charge in [0, 0.05) is 23.6 Å². The SMILES string of the molecule is O=[N+]([O-])c1cc(Cl)c(Cc2nc3cc(Cl)ccc3s2)c(Cl)c1. The van der Waals surface area contributed by atoms with Crippen molar-refractivity contribution in [2.24, 2.45) is 0 Å². The molecule has 0 N–H and O–H groups in total. The van der Waals surface area contributed by atoms with Crippen molar-refractivity contribution in [2.45, 2.75) is 6.42 Å². The molecule has 0 spiro atoms. The third-order valence-electron chi connectivity index (χ3n) is 3.06. The fourth-order valence-electron chi connectivity index (χ4n) is 2.04. The lowest BCUT2D eigenvalue weighted by Gasteiger charge is -2.05. The largest absolute Gasteiger partial charge is 0.272 e. The van der Waals surface area contributed by atoms with Crippen molar-refractivity contribution >= 4 is 62.0 Å². The number of fused-ring (bicyclic) bond motifs is 1. The maximum Gasteiger partial charge on any atom is 0.272 e. The normalized spacial score (nSPS) is 11.0. The van der Waals surface area contributed by atoms with Crippen LogP contribution in [0.5, 0.6) is 0 Å². The molecule has 0 unspecified atom stereocenters. The van der Waals surface area contributed by atoms with Gasteiger partial charge in [0.2, 0.25) is 0 Å². The number of hydrogen-bond donors (Lipinski definition) is 0. The quantitative estimate of drug-likeness (QED) is 0.433. The van der Waals surface area contributed by atoms with Crippen LogP contribution in [0.1, 0.15) is 10.6 Å². The maximum absolute atomic E-state index is 10.8. The van der Waals surface area contributed by atoms with Crippen LogP contribution in [-0.4, -0.2) is 9.91 Å². The van der Waals surface area contributed by atoms with Crippen molar-refractivity contribution in [3.63, 3.8) is 0 Å². The summed E-state index contributed by atoms with van der Waals surface area (Å²) in [4.78, 5) is 14.8. The van der Waals surface area contributed by atoms with Crippen LogP contribution in [0.25, 0.3) is 10.2 Å². The van der Waals surface area contributed by atoms with Crippen molar-refractivity contribution in [1.29, 1.82) is 0 Å². The number of hydrogen-bond acceptors (Lipinski definition) is 4. The van der Waals surface area contributed by atoms with Crippen LogP contribution >= 0.6 is 46.1 Å². The lowest BCUT2D eigenvalue weighted by Crippen LogP contribution is -1.94. The van der Waals surface area contributed by atoms with E-state index in [1.54, 1.807) is 12.1 Å². The van der Waals surface area contributed by atoms with Crippen LogP contribution < -0.4 is 0 Å². The molecule has 0 saturated carbocycles. The van der Waals surface area contributed by atoms with Crippen LogP contribution in [0.2, 0.25) is 15.1 Å². The summed E-state index contributed by atoms with van der Waals surface area (Å²) in [6, 6.07) is 8.09. The van der Waals surface area contributed by atoms with Gasteiger partial charge in [-0.2, -0.15) is 0 Å². The molecule has 3 rings (SSSR count). The Morgan fingerprint density at radius 3 is 2.45 bits per heavy atom. The molecule has 0 amide bonds. The van der Waals surface area contributed by atoms with Gasteiger partial charge in [0.25, 0.3) is 5.69 Å². The average molecular weight is 374 g/mol. The van der Waals surface area contributed by atoms with Crippen LogP contribution in [0.15, 0.2) is 30.3 Å². The molecule has 112 valence electrons. The number of halogens is 3. The van der Waals surface area contributed by atoms with E-state index in [-0.39, 0.29) is 15.7 Å². The Bertz CT molecular complexity index is 872. The summed E-state index contributed by atoms with van der Waals surface area (Å²) in [5.74, 6) is 0. The van der Waals surface area contributed by atoms with E-state index in [0.717, 1.165) is 15.2 Å². The number of nitro groups is 1.